The molecule has 1 aromatic heterocycles. The van der Waals surface area contributed by atoms with Crippen molar-refractivity contribution in [3.63, 3.8) is 0 Å². The highest BCUT2D eigenvalue weighted by Gasteiger charge is 2.51. The molecule has 11 aromatic rings. The van der Waals surface area contributed by atoms with Crippen molar-refractivity contribution < 1.29 is 9.15 Å². The highest BCUT2D eigenvalue weighted by Crippen LogP contribution is 2.62. The molecule has 0 amide bonds. The summed E-state index contributed by atoms with van der Waals surface area (Å²) in [7, 11) is 0. The molecule has 0 atom stereocenters. The van der Waals surface area contributed by atoms with Crippen LogP contribution >= 0.6 is 0 Å². The van der Waals surface area contributed by atoms with Gasteiger partial charge in [-0.2, -0.15) is 0 Å². The lowest BCUT2D eigenvalue weighted by molar-refractivity contribution is 0.436. The third kappa shape index (κ3) is 5.54. The standard InChI is InChI=1S/C61H39NO2/c1-3-14-40(15-4-1)42-26-30-46(31-27-42)62(47-19-13-18-43(36-47)41-16-5-2-6-17-41)48-32-35-58-52(39-48)51-37-44(29-34-57(51)63-58)45-28-33-50-49-20-7-8-21-53(49)61(56(50)38-45)54-22-9-11-24-59(54)64-60-25-12-10-23-55(60)61/h1-39H. The Labute approximate surface area is 371 Å². The molecule has 1 aliphatic heterocycles. The molecule has 2 heterocycles. The number of hydrogen-bond donors (Lipinski definition) is 0. The van der Waals surface area contributed by atoms with Crippen molar-refractivity contribution in [1.29, 1.82) is 0 Å². The van der Waals surface area contributed by atoms with Crippen molar-refractivity contribution in [3.8, 4) is 56.0 Å². The summed E-state index contributed by atoms with van der Waals surface area (Å²) in [5.74, 6) is 1.79. The first-order valence-corrected chi connectivity index (χ1v) is 21.9. The first-order valence-electron chi connectivity index (χ1n) is 21.9. The minimum absolute atomic E-state index is 0.532. The van der Waals surface area contributed by atoms with E-state index in [1.165, 1.54) is 38.9 Å². The van der Waals surface area contributed by atoms with Crippen LogP contribution in [0.25, 0.3) is 66.4 Å². The minimum Gasteiger partial charge on any atom is -0.457 e. The van der Waals surface area contributed by atoms with Crippen molar-refractivity contribution in [2.45, 2.75) is 5.41 Å². The monoisotopic (exact) mass is 817 g/mol. The van der Waals surface area contributed by atoms with Gasteiger partial charge in [0.25, 0.3) is 0 Å². The van der Waals surface area contributed by atoms with Crippen LogP contribution in [-0.2, 0) is 5.41 Å². The minimum atomic E-state index is -0.532. The van der Waals surface area contributed by atoms with Crippen molar-refractivity contribution >= 4 is 39.0 Å². The Kier molecular flexibility index (Phi) is 8.13. The third-order valence-corrected chi connectivity index (χ3v) is 13.3. The van der Waals surface area contributed by atoms with E-state index in [9.17, 15) is 0 Å². The lowest BCUT2D eigenvalue weighted by Crippen LogP contribution is -2.32. The van der Waals surface area contributed by atoms with Gasteiger partial charge in [-0.3, -0.25) is 0 Å². The number of nitrogens with zero attached hydrogens (tertiary/aromatic N) is 1. The number of benzene rings is 10. The van der Waals surface area contributed by atoms with Crippen LogP contribution in [0.3, 0.4) is 0 Å². The number of ether oxygens (including phenoxy) is 1. The first-order chi connectivity index (χ1) is 31.7. The van der Waals surface area contributed by atoms with Gasteiger partial charge in [-0.05, 0) is 128 Å². The van der Waals surface area contributed by atoms with E-state index in [0.717, 1.165) is 78.3 Å². The van der Waals surface area contributed by atoms with Crippen LogP contribution in [0.2, 0.25) is 0 Å². The Morgan fingerprint density at radius 2 is 0.781 bits per heavy atom. The van der Waals surface area contributed by atoms with Crippen LogP contribution in [0, 0.1) is 0 Å². The number of para-hydroxylation sites is 2. The van der Waals surface area contributed by atoms with E-state index < -0.39 is 5.41 Å². The Morgan fingerprint density at radius 1 is 0.297 bits per heavy atom. The number of rotatable bonds is 6. The summed E-state index contributed by atoms with van der Waals surface area (Å²) in [6.45, 7) is 0. The van der Waals surface area contributed by atoms with E-state index >= 15 is 0 Å². The molecule has 3 heteroatoms. The molecule has 0 radical (unpaired) electrons. The number of hydrogen-bond acceptors (Lipinski definition) is 3. The molecule has 0 saturated heterocycles. The average molecular weight is 818 g/mol. The van der Waals surface area contributed by atoms with Crippen LogP contribution in [0.4, 0.5) is 17.1 Å². The Balaban J connectivity index is 0.962. The molecule has 1 spiro atoms. The van der Waals surface area contributed by atoms with Gasteiger partial charge in [-0.25, -0.2) is 0 Å². The molecular weight excluding hydrogens is 779 g/mol. The molecule has 0 saturated carbocycles. The number of furan rings is 1. The fourth-order valence-electron chi connectivity index (χ4n) is 10.5. The van der Waals surface area contributed by atoms with Crippen molar-refractivity contribution in [2.75, 3.05) is 4.90 Å². The molecule has 3 nitrogen and oxygen atoms in total. The van der Waals surface area contributed by atoms with Crippen LogP contribution in [0.1, 0.15) is 22.3 Å². The highest BCUT2D eigenvalue weighted by atomic mass is 16.5. The topological polar surface area (TPSA) is 25.6 Å². The Bertz CT molecular complexity index is 3540. The first kappa shape index (κ1) is 36.3. The van der Waals surface area contributed by atoms with Crippen LogP contribution in [-0.4, -0.2) is 0 Å². The summed E-state index contributed by atoms with van der Waals surface area (Å²) in [6.07, 6.45) is 0. The van der Waals surface area contributed by atoms with Crippen LogP contribution in [0.5, 0.6) is 11.5 Å². The van der Waals surface area contributed by atoms with Gasteiger partial charge >= 0.3 is 0 Å². The molecule has 1 aliphatic carbocycles. The fourth-order valence-corrected chi connectivity index (χ4v) is 10.5. The van der Waals surface area contributed by atoms with Crippen molar-refractivity contribution in [1.82, 2.24) is 0 Å². The van der Waals surface area contributed by atoms with E-state index in [4.69, 9.17) is 9.15 Å². The second-order valence-electron chi connectivity index (χ2n) is 16.8. The van der Waals surface area contributed by atoms with E-state index in [1.807, 2.05) is 0 Å². The van der Waals surface area contributed by atoms with E-state index in [1.54, 1.807) is 0 Å². The predicted molar refractivity (Wildman–Crippen MR) is 262 cm³/mol. The molecule has 0 N–H and O–H groups in total. The van der Waals surface area contributed by atoms with Gasteiger partial charge in [-0.1, -0.05) is 164 Å². The van der Waals surface area contributed by atoms with E-state index in [0.29, 0.717) is 0 Å². The zero-order valence-corrected chi connectivity index (χ0v) is 34.8. The summed E-state index contributed by atoms with van der Waals surface area (Å²) < 4.78 is 13.2. The van der Waals surface area contributed by atoms with Crippen molar-refractivity contribution in [3.05, 3.63) is 259 Å². The summed E-state index contributed by atoms with van der Waals surface area (Å²) in [6, 6.07) is 85.0. The SMILES string of the molecule is c1ccc(-c2ccc(N(c3cccc(-c4ccccc4)c3)c3ccc4oc5ccc(-c6ccc7c(c6)C6(c8ccccc8Oc8ccccc86)c6ccccc6-7)cc5c4c3)cc2)cc1. The Hall–Kier alpha value is -8.40. The molecule has 0 fully saturated rings. The van der Waals surface area contributed by atoms with Crippen LogP contribution in [0.15, 0.2) is 241 Å². The summed E-state index contributed by atoms with van der Waals surface area (Å²) in [5.41, 5.74) is 18.7. The third-order valence-electron chi connectivity index (χ3n) is 13.3. The van der Waals surface area contributed by atoms with Gasteiger partial charge in [0.2, 0.25) is 0 Å². The lowest BCUT2D eigenvalue weighted by atomic mass is 9.66. The quantitative estimate of drug-likeness (QED) is 0.167. The van der Waals surface area contributed by atoms with E-state index in [-0.39, 0.29) is 0 Å². The normalized spacial score (nSPS) is 12.9. The maximum atomic E-state index is 6.61. The molecule has 300 valence electrons. The average Bonchev–Trinajstić information content (AvgIpc) is 3.88. The maximum absolute atomic E-state index is 6.61. The number of anilines is 3. The molecule has 64 heavy (non-hydrogen) atoms. The second-order valence-corrected chi connectivity index (χ2v) is 16.8. The largest absolute Gasteiger partial charge is 0.457 e. The van der Waals surface area contributed by atoms with E-state index in [2.05, 4.69) is 241 Å². The van der Waals surface area contributed by atoms with Gasteiger partial charge in [-0.15, -0.1) is 0 Å². The summed E-state index contributed by atoms with van der Waals surface area (Å²) >= 11 is 0. The van der Waals surface area contributed by atoms with Gasteiger partial charge in [0.1, 0.15) is 22.7 Å². The van der Waals surface area contributed by atoms with Gasteiger partial charge in [0, 0.05) is 39.0 Å². The second kappa shape index (κ2) is 14.3. The molecule has 0 bridgehead atoms. The zero-order valence-electron chi connectivity index (χ0n) is 34.8. The molecular formula is C61H39NO2. The fraction of sp³-hybridized carbons (Fsp3) is 0.0164. The zero-order chi connectivity index (χ0) is 42.2. The van der Waals surface area contributed by atoms with Gasteiger partial charge < -0.3 is 14.1 Å². The smallest absolute Gasteiger partial charge is 0.135 e. The van der Waals surface area contributed by atoms with Crippen molar-refractivity contribution in [2.24, 2.45) is 0 Å². The summed E-state index contributed by atoms with van der Waals surface area (Å²) in [4.78, 5) is 2.35. The maximum Gasteiger partial charge on any atom is 0.135 e. The van der Waals surface area contributed by atoms with Gasteiger partial charge in [0.05, 0.1) is 5.41 Å². The predicted octanol–water partition coefficient (Wildman–Crippen LogP) is 16.5. The molecule has 0 unspecified atom stereocenters. The number of fused-ring (bicyclic) bond motifs is 12. The lowest BCUT2D eigenvalue weighted by Gasteiger charge is -2.39. The highest BCUT2D eigenvalue weighted by molar-refractivity contribution is 6.08. The molecule has 10 aromatic carbocycles. The summed E-state index contributed by atoms with van der Waals surface area (Å²) in [5, 5.41) is 2.14. The molecule has 13 rings (SSSR count). The van der Waals surface area contributed by atoms with Gasteiger partial charge in [0.15, 0.2) is 0 Å². The molecule has 2 aliphatic rings. The Morgan fingerprint density at radius 3 is 1.52 bits per heavy atom. The van der Waals surface area contributed by atoms with Crippen LogP contribution < -0.4 is 9.64 Å².